The van der Waals surface area contributed by atoms with Crippen molar-refractivity contribution in [2.24, 2.45) is 0 Å². The highest BCUT2D eigenvalue weighted by Gasteiger charge is 2.10. The maximum atomic E-state index is 11.0. The van der Waals surface area contributed by atoms with Crippen molar-refractivity contribution in [2.45, 2.75) is 6.54 Å². The number of aromatic nitrogens is 1. The molecule has 1 aromatic rings. The topological polar surface area (TPSA) is 71.3 Å². The summed E-state index contributed by atoms with van der Waals surface area (Å²) in [5, 5.41) is 11.1. The zero-order valence-electron chi connectivity index (χ0n) is 7.45. The SMILES string of the molecule is CNC(=O)Cn1cc(C(=O)O)cc1Br. The van der Waals surface area contributed by atoms with Crippen molar-refractivity contribution in [3.8, 4) is 0 Å². The number of likely N-dealkylation sites (N-methyl/N-ethyl adjacent to an activating group) is 1. The van der Waals surface area contributed by atoms with E-state index < -0.39 is 5.97 Å². The average Bonchev–Trinajstić information content (AvgIpc) is 2.48. The third-order valence-corrected chi connectivity index (χ3v) is 2.37. The number of nitrogens with one attached hydrogen (secondary N) is 1. The van der Waals surface area contributed by atoms with Gasteiger partial charge in [0, 0.05) is 13.2 Å². The smallest absolute Gasteiger partial charge is 0.337 e. The lowest BCUT2D eigenvalue weighted by atomic mass is 10.4. The molecule has 0 aliphatic heterocycles. The van der Waals surface area contributed by atoms with Crippen LogP contribution in [0.15, 0.2) is 16.9 Å². The zero-order chi connectivity index (χ0) is 10.7. The number of carbonyl (C=O) groups excluding carboxylic acids is 1. The fourth-order valence-electron chi connectivity index (χ4n) is 0.950. The molecular weight excluding hydrogens is 252 g/mol. The number of carboxylic acids is 1. The number of halogens is 1. The van der Waals surface area contributed by atoms with E-state index in [4.69, 9.17) is 5.11 Å². The number of hydrogen-bond acceptors (Lipinski definition) is 2. The van der Waals surface area contributed by atoms with Gasteiger partial charge in [0.2, 0.25) is 5.91 Å². The van der Waals surface area contributed by atoms with E-state index in [1.807, 2.05) is 0 Å². The monoisotopic (exact) mass is 260 g/mol. The van der Waals surface area contributed by atoms with Crippen LogP contribution in [-0.2, 0) is 11.3 Å². The van der Waals surface area contributed by atoms with Gasteiger partial charge in [-0.1, -0.05) is 0 Å². The van der Waals surface area contributed by atoms with Crippen molar-refractivity contribution in [3.63, 3.8) is 0 Å². The fourth-order valence-corrected chi connectivity index (χ4v) is 1.42. The summed E-state index contributed by atoms with van der Waals surface area (Å²) in [5.74, 6) is -1.19. The summed E-state index contributed by atoms with van der Waals surface area (Å²) in [4.78, 5) is 21.6. The minimum atomic E-state index is -1.01. The molecule has 1 heterocycles. The third-order valence-electron chi connectivity index (χ3n) is 1.68. The number of rotatable bonds is 3. The number of carbonyl (C=O) groups is 2. The summed E-state index contributed by atoms with van der Waals surface area (Å²) in [6.07, 6.45) is 1.40. The van der Waals surface area contributed by atoms with Gasteiger partial charge in [0.25, 0.3) is 0 Å². The molecule has 0 spiro atoms. The summed E-state index contributed by atoms with van der Waals surface area (Å²) in [5.41, 5.74) is 0.153. The highest BCUT2D eigenvalue weighted by Crippen LogP contribution is 2.15. The molecule has 0 unspecified atom stereocenters. The molecule has 5 nitrogen and oxygen atoms in total. The van der Waals surface area contributed by atoms with Gasteiger partial charge in [-0.3, -0.25) is 4.79 Å². The predicted molar refractivity (Wildman–Crippen MR) is 53.2 cm³/mol. The van der Waals surface area contributed by atoms with Gasteiger partial charge in [-0.2, -0.15) is 0 Å². The second-order valence-corrected chi connectivity index (χ2v) is 3.47. The first-order chi connectivity index (χ1) is 6.54. The second-order valence-electron chi connectivity index (χ2n) is 2.66. The first kappa shape index (κ1) is 10.8. The largest absolute Gasteiger partial charge is 0.478 e. The van der Waals surface area contributed by atoms with Crippen molar-refractivity contribution < 1.29 is 14.7 Å². The van der Waals surface area contributed by atoms with Gasteiger partial charge >= 0.3 is 5.97 Å². The van der Waals surface area contributed by atoms with Crippen LogP contribution in [0.2, 0.25) is 0 Å². The van der Waals surface area contributed by atoms with E-state index in [0.29, 0.717) is 4.60 Å². The van der Waals surface area contributed by atoms with Crippen LogP contribution in [0, 0.1) is 0 Å². The Balaban J connectivity index is 2.88. The molecule has 14 heavy (non-hydrogen) atoms. The minimum Gasteiger partial charge on any atom is -0.478 e. The Hall–Kier alpha value is -1.30. The molecule has 0 radical (unpaired) electrons. The molecule has 76 valence electrons. The Labute approximate surface area is 88.8 Å². The predicted octanol–water partition coefficient (Wildman–Crippen LogP) is 0.695. The van der Waals surface area contributed by atoms with Gasteiger partial charge in [-0.05, 0) is 22.0 Å². The molecular formula is C8H9BrN2O3. The van der Waals surface area contributed by atoms with E-state index in [-0.39, 0.29) is 18.0 Å². The standard InChI is InChI=1S/C8H9BrN2O3/c1-10-7(12)4-11-3-5(8(13)14)2-6(11)9/h2-3H,4H2,1H3,(H,10,12)(H,13,14). The van der Waals surface area contributed by atoms with Crippen LogP contribution in [0.4, 0.5) is 0 Å². The van der Waals surface area contributed by atoms with Crippen molar-refractivity contribution in [1.29, 1.82) is 0 Å². The van der Waals surface area contributed by atoms with Gasteiger partial charge in [0.15, 0.2) is 0 Å². The van der Waals surface area contributed by atoms with Gasteiger partial charge in [-0.25, -0.2) is 4.79 Å². The summed E-state index contributed by atoms with van der Waals surface area (Å²) in [7, 11) is 1.53. The molecule has 0 fully saturated rings. The van der Waals surface area contributed by atoms with Crippen molar-refractivity contribution in [2.75, 3.05) is 7.05 Å². The summed E-state index contributed by atoms with van der Waals surface area (Å²) in [6.45, 7) is 0.102. The molecule has 0 aliphatic carbocycles. The quantitative estimate of drug-likeness (QED) is 0.841. The fraction of sp³-hybridized carbons (Fsp3) is 0.250. The molecule has 0 aliphatic rings. The summed E-state index contributed by atoms with van der Waals surface area (Å²) in [6, 6.07) is 1.45. The Kier molecular flexibility index (Phi) is 3.29. The highest BCUT2D eigenvalue weighted by atomic mass is 79.9. The Morgan fingerprint density at radius 1 is 1.64 bits per heavy atom. The van der Waals surface area contributed by atoms with Crippen LogP contribution in [0.25, 0.3) is 0 Å². The first-order valence-corrected chi connectivity index (χ1v) is 4.63. The lowest BCUT2D eigenvalue weighted by molar-refractivity contribution is -0.121. The van der Waals surface area contributed by atoms with Crippen LogP contribution in [0.5, 0.6) is 0 Å². The average molecular weight is 261 g/mol. The number of hydrogen-bond donors (Lipinski definition) is 2. The second kappa shape index (κ2) is 4.28. The summed E-state index contributed by atoms with van der Waals surface area (Å²) < 4.78 is 2.08. The van der Waals surface area contributed by atoms with Crippen molar-refractivity contribution in [1.82, 2.24) is 9.88 Å². The molecule has 0 bridgehead atoms. The van der Waals surface area contributed by atoms with E-state index >= 15 is 0 Å². The number of nitrogens with zero attached hydrogens (tertiary/aromatic N) is 1. The Morgan fingerprint density at radius 2 is 2.29 bits per heavy atom. The normalized spacial score (nSPS) is 9.86. The van der Waals surface area contributed by atoms with E-state index in [9.17, 15) is 9.59 Å². The summed E-state index contributed by atoms with van der Waals surface area (Å²) >= 11 is 3.16. The van der Waals surface area contributed by atoms with Gasteiger partial charge in [0.1, 0.15) is 6.54 Å². The Bertz CT molecular complexity index is 373. The number of aromatic carboxylic acids is 1. The van der Waals surface area contributed by atoms with E-state index in [0.717, 1.165) is 0 Å². The molecule has 1 rings (SSSR count). The maximum Gasteiger partial charge on any atom is 0.337 e. The lowest BCUT2D eigenvalue weighted by Crippen LogP contribution is -2.23. The zero-order valence-corrected chi connectivity index (χ0v) is 9.04. The molecule has 0 saturated heterocycles. The van der Waals surface area contributed by atoms with E-state index in [1.165, 1.54) is 23.9 Å². The molecule has 0 atom stereocenters. The van der Waals surface area contributed by atoms with Crippen molar-refractivity contribution in [3.05, 3.63) is 22.4 Å². The molecule has 0 saturated carbocycles. The first-order valence-electron chi connectivity index (χ1n) is 3.84. The van der Waals surface area contributed by atoms with E-state index in [2.05, 4.69) is 21.2 Å². The minimum absolute atomic E-state index is 0.102. The maximum absolute atomic E-state index is 11.0. The lowest BCUT2D eigenvalue weighted by Gasteiger charge is -2.02. The third kappa shape index (κ3) is 2.35. The molecule has 0 aromatic carbocycles. The van der Waals surface area contributed by atoms with Crippen LogP contribution in [0.1, 0.15) is 10.4 Å². The van der Waals surface area contributed by atoms with Crippen LogP contribution in [0.3, 0.4) is 0 Å². The van der Waals surface area contributed by atoms with Crippen molar-refractivity contribution >= 4 is 27.8 Å². The van der Waals surface area contributed by atoms with Crippen LogP contribution < -0.4 is 5.32 Å². The number of carboxylic acid groups (broad SMARTS) is 1. The number of amides is 1. The van der Waals surface area contributed by atoms with Gasteiger partial charge in [0.05, 0.1) is 10.2 Å². The molecule has 1 amide bonds. The Morgan fingerprint density at radius 3 is 2.71 bits per heavy atom. The molecule has 2 N–H and O–H groups in total. The highest BCUT2D eigenvalue weighted by molar-refractivity contribution is 9.10. The molecule has 1 aromatic heterocycles. The van der Waals surface area contributed by atoms with Crippen LogP contribution >= 0.6 is 15.9 Å². The molecule has 6 heteroatoms. The van der Waals surface area contributed by atoms with Crippen LogP contribution in [-0.4, -0.2) is 28.6 Å². The van der Waals surface area contributed by atoms with Gasteiger partial charge < -0.3 is 15.0 Å². The van der Waals surface area contributed by atoms with E-state index in [1.54, 1.807) is 0 Å². The van der Waals surface area contributed by atoms with Gasteiger partial charge in [-0.15, -0.1) is 0 Å².